The van der Waals surface area contributed by atoms with Gasteiger partial charge in [0.25, 0.3) is 0 Å². The average molecular weight is 227 g/mol. The summed E-state index contributed by atoms with van der Waals surface area (Å²) in [6.45, 7) is 0. The first-order chi connectivity index (χ1) is 6.42. The van der Waals surface area contributed by atoms with Gasteiger partial charge < -0.3 is 9.47 Å². The van der Waals surface area contributed by atoms with E-state index in [0.29, 0.717) is 0 Å². The largest absolute Gasteiger partial charge is 0.573 e. The molecule has 0 N–H and O–H groups in total. The third-order valence-electron chi connectivity index (χ3n) is 1.36. The zero-order chi connectivity index (χ0) is 10.8. The van der Waals surface area contributed by atoms with E-state index in [0.717, 1.165) is 12.1 Å². The van der Waals surface area contributed by atoms with Gasteiger partial charge in [-0.2, -0.15) is 0 Å². The average Bonchev–Trinajstić information content (AvgIpc) is 2.06. The number of rotatable bonds is 2. The fourth-order valence-corrected chi connectivity index (χ4v) is 1.03. The van der Waals surface area contributed by atoms with E-state index >= 15 is 0 Å². The quantitative estimate of drug-likeness (QED) is 0.771. The Morgan fingerprint density at radius 3 is 2.43 bits per heavy atom. The lowest BCUT2D eigenvalue weighted by Crippen LogP contribution is -2.17. The summed E-state index contributed by atoms with van der Waals surface area (Å²) in [5, 5.41) is 0.224. The highest BCUT2D eigenvalue weighted by Gasteiger charge is 2.31. The predicted molar refractivity (Wildman–Crippen MR) is 44.7 cm³/mol. The molecule has 0 amide bonds. The molecule has 0 unspecified atom stereocenters. The zero-order valence-corrected chi connectivity index (χ0v) is 7.82. The van der Waals surface area contributed by atoms with Crippen LogP contribution < -0.4 is 9.47 Å². The molecular weight excluding hydrogens is 221 g/mol. The summed E-state index contributed by atoms with van der Waals surface area (Å²) in [5.74, 6) is -0.229. The highest BCUT2D eigenvalue weighted by Crippen LogP contribution is 2.31. The van der Waals surface area contributed by atoms with Crippen LogP contribution in [0.1, 0.15) is 0 Å². The van der Waals surface area contributed by atoms with E-state index in [1.165, 1.54) is 13.2 Å². The lowest BCUT2D eigenvalue weighted by atomic mass is 10.3. The number of benzene rings is 1. The van der Waals surface area contributed by atoms with E-state index in [4.69, 9.17) is 16.3 Å². The van der Waals surface area contributed by atoms with Crippen molar-refractivity contribution in [1.29, 1.82) is 0 Å². The van der Waals surface area contributed by atoms with Gasteiger partial charge in [0.1, 0.15) is 11.5 Å². The molecule has 0 aliphatic carbocycles. The maximum atomic E-state index is 11.8. The Morgan fingerprint density at radius 2 is 1.93 bits per heavy atom. The number of ether oxygens (including phenoxy) is 2. The molecule has 6 heteroatoms. The lowest BCUT2D eigenvalue weighted by molar-refractivity contribution is -0.274. The van der Waals surface area contributed by atoms with E-state index in [-0.39, 0.29) is 16.5 Å². The second-order valence-corrected chi connectivity index (χ2v) is 2.75. The Kier molecular flexibility index (Phi) is 3.10. The third-order valence-corrected chi connectivity index (χ3v) is 1.67. The molecule has 0 radical (unpaired) electrons. The molecule has 0 heterocycles. The third kappa shape index (κ3) is 2.99. The number of alkyl halides is 3. The maximum Gasteiger partial charge on any atom is 0.573 e. The molecule has 0 bridgehead atoms. The zero-order valence-electron chi connectivity index (χ0n) is 7.06. The highest BCUT2D eigenvalue weighted by atomic mass is 35.5. The fraction of sp³-hybridized carbons (Fsp3) is 0.250. The summed E-state index contributed by atoms with van der Waals surface area (Å²) in [5.41, 5.74) is 0. The molecule has 1 aromatic rings. The molecule has 0 spiro atoms. The fourth-order valence-electron chi connectivity index (χ4n) is 0.837. The molecule has 1 aromatic carbocycles. The van der Waals surface area contributed by atoms with Crippen LogP contribution in [0.4, 0.5) is 13.2 Å². The van der Waals surface area contributed by atoms with Crippen molar-refractivity contribution in [1.82, 2.24) is 0 Å². The van der Waals surface area contributed by atoms with Crippen LogP contribution in [0.15, 0.2) is 18.2 Å². The first-order valence-electron chi connectivity index (χ1n) is 3.51. The van der Waals surface area contributed by atoms with Crippen molar-refractivity contribution in [3.05, 3.63) is 23.2 Å². The minimum absolute atomic E-state index is 0.133. The summed E-state index contributed by atoms with van der Waals surface area (Å²) in [6.07, 6.45) is -4.71. The SMILES string of the molecule is COc1cc(OC(F)(F)F)ccc1Cl. The van der Waals surface area contributed by atoms with E-state index in [9.17, 15) is 13.2 Å². The number of methoxy groups -OCH3 is 1. The van der Waals surface area contributed by atoms with Crippen molar-refractivity contribution in [2.45, 2.75) is 6.36 Å². The summed E-state index contributed by atoms with van der Waals surface area (Å²) in [7, 11) is 1.30. The Bertz CT molecular complexity index is 325. The second kappa shape index (κ2) is 3.96. The van der Waals surface area contributed by atoms with Crippen molar-refractivity contribution < 1.29 is 22.6 Å². The van der Waals surface area contributed by atoms with Crippen molar-refractivity contribution in [3.63, 3.8) is 0 Å². The maximum absolute atomic E-state index is 11.8. The normalized spacial score (nSPS) is 11.2. The Hall–Kier alpha value is -1.10. The first kappa shape index (κ1) is 11.0. The van der Waals surface area contributed by atoms with Crippen LogP contribution in [0, 0.1) is 0 Å². The van der Waals surface area contributed by atoms with Crippen molar-refractivity contribution in [2.24, 2.45) is 0 Å². The lowest BCUT2D eigenvalue weighted by Gasteiger charge is -2.10. The van der Waals surface area contributed by atoms with Crippen molar-refractivity contribution >= 4 is 11.6 Å². The molecule has 0 aliphatic heterocycles. The van der Waals surface area contributed by atoms with E-state index in [2.05, 4.69) is 4.74 Å². The molecule has 0 saturated heterocycles. The monoisotopic (exact) mass is 226 g/mol. The smallest absolute Gasteiger partial charge is 0.495 e. The van der Waals surface area contributed by atoms with Crippen LogP contribution >= 0.6 is 11.6 Å². The number of halogens is 4. The standard InChI is InChI=1S/C8H6ClF3O2/c1-13-7-4-5(2-3-6(7)9)14-8(10,11)12/h2-4H,1H3. The van der Waals surface area contributed by atoms with Crippen molar-refractivity contribution in [3.8, 4) is 11.5 Å². The molecule has 0 fully saturated rings. The molecule has 14 heavy (non-hydrogen) atoms. The van der Waals surface area contributed by atoms with Gasteiger partial charge >= 0.3 is 6.36 Å². The minimum atomic E-state index is -4.71. The van der Waals surface area contributed by atoms with Gasteiger partial charge in [-0.3, -0.25) is 0 Å². The number of hydrogen-bond acceptors (Lipinski definition) is 2. The summed E-state index contributed by atoms with van der Waals surface area (Å²) < 4.78 is 43.7. The Balaban J connectivity index is 2.90. The predicted octanol–water partition coefficient (Wildman–Crippen LogP) is 3.25. The van der Waals surface area contributed by atoms with Crippen molar-refractivity contribution in [2.75, 3.05) is 7.11 Å². The van der Waals surface area contributed by atoms with E-state index < -0.39 is 6.36 Å². The topological polar surface area (TPSA) is 18.5 Å². The summed E-state index contributed by atoms with van der Waals surface area (Å²) in [4.78, 5) is 0. The van der Waals surface area contributed by atoms with Crippen LogP contribution in [0.2, 0.25) is 5.02 Å². The Morgan fingerprint density at radius 1 is 1.29 bits per heavy atom. The second-order valence-electron chi connectivity index (χ2n) is 2.34. The summed E-state index contributed by atoms with van der Waals surface area (Å²) >= 11 is 5.61. The van der Waals surface area contributed by atoms with Gasteiger partial charge in [0.2, 0.25) is 0 Å². The van der Waals surface area contributed by atoms with Gasteiger partial charge in [0.15, 0.2) is 0 Å². The van der Waals surface area contributed by atoms with Gasteiger partial charge in [-0.15, -0.1) is 13.2 Å². The molecule has 0 aliphatic rings. The summed E-state index contributed by atoms with van der Waals surface area (Å²) in [6, 6.07) is 3.44. The van der Waals surface area contributed by atoms with E-state index in [1.54, 1.807) is 0 Å². The molecule has 0 atom stereocenters. The van der Waals surface area contributed by atoms with Gasteiger partial charge in [-0.05, 0) is 12.1 Å². The Labute approximate surface area is 83.2 Å². The molecular formula is C8H6ClF3O2. The van der Waals surface area contributed by atoms with Crippen LogP contribution in [0.25, 0.3) is 0 Å². The van der Waals surface area contributed by atoms with Gasteiger partial charge in [0, 0.05) is 6.07 Å². The van der Waals surface area contributed by atoms with Crippen LogP contribution in [-0.2, 0) is 0 Å². The number of hydrogen-bond donors (Lipinski definition) is 0. The molecule has 78 valence electrons. The van der Waals surface area contributed by atoms with E-state index in [1.807, 2.05) is 0 Å². The van der Waals surface area contributed by atoms with Gasteiger partial charge in [-0.25, -0.2) is 0 Å². The van der Waals surface area contributed by atoms with Crippen LogP contribution in [-0.4, -0.2) is 13.5 Å². The molecule has 2 nitrogen and oxygen atoms in total. The van der Waals surface area contributed by atoms with Gasteiger partial charge in [0.05, 0.1) is 12.1 Å². The minimum Gasteiger partial charge on any atom is -0.495 e. The first-order valence-corrected chi connectivity index (χ1v) is 3.89. The van der Waals surface area contributed by atoms with Crippen LogP contribution in [0.5, 0.6) is 11.5 Å². The molecule has 0 aromatic heterocycles. The molecule has 0 saturated carbocycles. The van der Waals surface area contributed by atoms with Gasteiger partial charge in [-0.1, -0.05) is 11.6 Å². The van der Waals surface area contributed by atoms with Crippen LogP contribution in [0.3, 0.4) is 0 Å². The highest BCUT2D eigenvalue weighted by molar-refractivity contribution is 6.32. The molecule has 1 rings (SSSR count).